The fourth-order valence-corrected chi connectivity index (χ4v) is 4.43. The van der Waals surface area contributed by atoms with Crippen LogP contribution in [0.3, 0.4) is 0 Å². The molecule has 0 radical (unpaired) electrons. The summed E-state index contributed by atoms with van der Waals surface area (Å²) in [6.45, 7) is 5.27. The number of fused-ring (bicyclic) bond motifs is 1. The number of nitrogens with zero attached hydrogens (tertiary/aromatic N) is 2. The van der Waals surface area contributed by atoms with Gasteiger partial charge in [0.05, 0.1) is 12.1 Å². The molecule has 1 fully saturated rings. The first-order valence-electron chi connectivity index (χ1n) is 11.9. The van der Waals surface area contributed by atoms with Gasteiger partial charge in [-0.15, -0.1) is 13.2 Å². The Bertz CT molecular complexity index is 1120. The van der Waals surface area contributed by atoms with Crippen LogP contribution in [0.15, 0.2) is 18.2 Å². The molecule has 0 spiro atoms. The minimum absolute atomic E-state index is 0.120. The predicted molar refractivity (Wildman–Crippen MR) is 126 cm³/mol. The highest BCUT2D eigenvalue weighted by atomic mass is 19.4. The van der Waals surface area contributed by atoms with Gasteiger partial charge in [-0.25, -0.2) is 0 Å². The zero-order valence-corrected chi connectivity index (χ0v) is 20.6. The number of alkyl halides is 3. The van der Waals surface area contributed by atoms with Crippen molar-refractivity contribution in [3.8, 4) is 5.75 Å². The first-order valence-corrected chi connectivity index (χ1v) is 11.9. The van der Waals surface area contributed by atoms with Crippen molar-refractivity contribution in [2.45, 2.75) is 71.8 Å². The summed E-state index contributed by atoms with van der Waals surface area (Å²) in [5.41, 5.74) is 4.71. The maximum atomic E-state index is 13.3. The smallest absolute Gasteiger partial charge is 0.406 e. The van der Waals surface area contributed by atoms with E-state index in [9.17, 15) is 27.6 Å². The molecule has 1 atom stereocenters. The molecule has 4 N–H and O–H groups in total. The Hall–Kier alpha value is -3.31. The Morgan fingerprint density at radius 2 is 1.83 bits per heavy atom. The van der Waals surface area contributed by atoms with Gasteiger partial charge in [-0.05, 0) is 42.4 Å². The van der Waals surface area contributed by atoms with Gasteiger partial charge in [-0.3, -0.25) is 19.1 Å². The summed E-state index contributed by atoms with van der Waals surface area (Å²) in [5.74, 6) is -2.24. The van der Waals surface area contributed by atoms with E-state index in [-0.39, 0.29) is 11.1 Å². The molecule has 0 bridgehead atoms. The van der Waals surface area contributed by atoms with Crippen molar-refractivity contribution >= 4 is 28.6 Å². The second-order valence-corrected chi connectivity index (χ2v) is 10.2. The second-order valence-electron chi connectivity index (χ2n) is 10.2. The highest BCUT2D eigenvalue weighted by molar-refractivity contribution is 6.06. The van der Waals surface area contributed by atoms with E-state index in [4.69, 9.17) is 5.73 Å². The molecule has 1 aliphatic carbocycles. The van der Waals surface area contributed by atoms with Crippen molar-refractivity contribution in [1.82, 2.24) is 20.4 Å². The van der Waals surface area contributed by atoms with Gasteiger partial charge < -0.3 is 21.1 Å². The highest BCUT2D eigenvalue weighted by Gasteiger charge is 2.35. The van der Waals surface area contributed by atoms with Crippen molar-refractivity contribution in [3.63, 3.8) is 0 Å². The third kappa shape index (κ3) is 7.11. The monoisotopic (exact) mass is 511 g/mol. The predicted octanol–water partition coefficient (Wildman–Crippen LogP) is 3.26. The standard InChI is InChI=1S/C24H32F3N5O4/c1-23(2,3)20(22(35)29-12-18(28)33)30-21(34)19-16-11-15(36-24(25,26)27)9-10-17(16)32(31-19)13-14-7-5-4-6-8-14/h9-11,14,20H,4-8,12-13H2,1-3H3,(H2,28,33)(H,29,35)(H,30,34)/t20-/m1/s1. The Morgan fingerprint density at radius 3 is 2.42 bits per heavy atom. The van der Waals surface area contributed by atoms with Gasteiger partial charge in [0.15, 0.2) is 5.69 Å². The topological polar surface area (TPSA) is 128 Å². The lowest BCUT2D eigenvalue weighted by Crippen LogP contribution is -2.54. The van der Waals surface area contributed by atoms with Crippen LogP contribution in [0.25, 0.3) is 10.9 Å². The number of rotatable bonds is 8. The lowest BCUT2D eigenvalue weighted by Gasteiger charge is -2.30. The van der Waals surface area contributed by atoms with Gasteiger partial charge in [-0.1, -0.05) is 40.0 Å². The first kappa shape index (κ1) is 27.3. The number of ether oxygens (including phenoxy) is 1. The van der Waals surface area contributed by atoms with Crippen LogP contribution in [-0.4, -0.2) is 46.5 Å². The van der Waals surface area contributed by atoms with E-state index >= 15 is 0 Å². The number of hydrogen-bond acceptors (Lipinski definition) is 5. The third-order valence-corrected chi connectivity index (χ3v) is 6.17. The molecule has 12 heteroatoms. The van der Waals surface area contributed by atoms with E-state index in [1.165, 1.54) is 12.1 Å². The molecule has 1 saturated carbocycles. The third-order valence-electron chi connectivity index (χ3n) is 6.17. The quantitative estimate of drug-likeness (QED) is 0.501. The summed E-state index contributed by atoms with van der Waals surface area (Å²) in [6, 6.07) is 2.69. The van der Waals surface area contributed by atoms with Gasteiger partial charge in [-0.2, -0.15) is 5.10 Å². The van der Waals surface area contributed by atoms with E-state index in [0.29, 0.717) is 18.0 Å². The molecule has 0 unspecified atom stereocenters. The maximum Gasteiger partial charge on any atom is 0.573 e. The second kappa shape index (κ2) is 10.8. The van der Waals surface area contributed by atoms with Crippen molar-refractivity contribution < 1.29 is 32.3 Å². The Morgan fingerprint density at radius 1 is 1.17 bits per heavy atom. The van der Waals surface area contributed by atoms with E-state index in [2.05, 4.69) is 20.5 Å². The number of primary amides is 1. The van der Waals surface area contributed by atoms with Crippen LogP contribution in [0.2, 0.25) is 0 Å². The van der Waals surface area contributed by atoms with E-state index in [1.807, 2.05) is 0 Å². The molecule has 1 aromatic carbocycles. The van der Waals surface area contributed by atoms with Crippen LogP contribution in [-0.2, 0) is 16.1 Å². The number of amides is 3. The van der Waals surface area contributed by atoms with Gasteiger partial charge in [0, 0.05) is 11.9 Å². The highest BCUT2D eigenvalue weighted by Crippen LogP contribution is 2.31. The number of aromatic nitrogens is 2. The maximum absolute atomic E-state index is 13.3. The molecule has 3 amide bonds. The molecular formula is C24H32F3N5O4. The zero-order chi connectivity index (χ0) is 26.7. The van der Waals surface area contributed by atoms with Crippen LogP contribution in [0.1, 0.15) is 63.4 Å². The van der Waals surface area contributed by atoms with Crippen LogP contribution in [0, 0.1) is 11.3 Å². The molecule has 198 valence electrons. The van der Waals surface area contributed by atoms with E-state index in [1.54, 1.807) is 25.5 Å². The van der Waals surface area contributed by atoms with Crippen molar-refractivity contribution in [1.29, 1.82) is 0 Å². The summed E-state index contributed by atoms with van der Waals surface area (Å²) in [6.07, 6.45) is 0.454. The summed E-state index contributed by atoms with van der Waals surface area (Å²) in [5, 5.41) is 9.64. The largest absolute Gasteiger partial charge is 0.573 e. The average Bonchev–Trinajstić information content (AvgIpc) is 3.12. The first-order chi connectivity index (χ1) is 16.7. The molecule has 2 aromatic rings. The number of benzene rings is 1. The zero-order valence-electron chi connectivity index (χ0n) is 20.6. The molecule has 9 nitrogen and oxygen atoms in total. The van der Waals surface area contributed by atoms with Crippen LogP contribution in [0.5, 0.6) is 5.75 Å². The summed E-state index contributed by atoms with van der Waals surface area (Å²) >= 11 is 0. The number of halogens is 3. The fraction of sp³-hybridized carbons (Fsp3) is 0.583. The normalized spacial score (nSPS) is 15.9. The Kier molecular flexibility index (Phi) is 8.15. The minimum Gasteiger partial charge on any atom is -0.406 e. The summed E-state index contributed by atoms with van der Waals surface area (Å²) < 4.78 is 44.2. The molecule has 3 rings (SSSR count). The molecule has 1 aromatic heterocycles. The Balaban J connectivity index is 1.97. The lowest BCUT2D eigenvalue weighted by molar-refractivity contribution is -0.274. The van der Waals surface area contributed by atoms with E-state index < -0.39 is 47.8 Å². The SMILES string of the molecule is CC(C)(C)[C@H](NC(=O)c1nn(CC2CCCCC2)c2ccc(OC(F)(F)F)cc12)C(=O)NCC(N)=O. The number of hydrogen-bond donors (Lipinski definition) is 3. The van der Waals surface area contributed by atoms with Crippen molar-refractivity contribution in [3.05, 3.63) is 23.9 Å². The summed E-state index contributed by atoms with van der Waals surface area (Å²) in [4.78, 5) is 37.1. The van der Waals surface area contributed by atoms with Gasteiger partial charge in [0.25, 0.3) is 5.91 Å². The molecule has 36 heavy (non-hydrogen) atoms. The van der Waals surface area contributed by atoms with Crippen molar-refractivity contribution in [2.24, 2.45) is 17.1 Å². The van der Waals surface area contributed by atoms with Gasteiger partial charge in [0.2, 0.25) is 11.8 Å². The van der Waals surface area contributed by atoms with E-state index in [0.717, 1.165) is 38.2 Å². The summed E-state index contributed by atoms with van der Waals surface area (Å²) in [7, 11) is 0. The lowest BCUT2D eigenvalue weighted by atomic mass is 9.86. The molecule has 0 saturated heterocycles. The van der Waals surface area contributed by atoms with Crippen molar-refractivity contribution in [2.75, 3.05) is 6.54 Å². The molecule has 1 heterocycles. The fourth-order valence-electron chi connectivity index (χ4n) is 4.43. The van der Waals surface area contributed by atoms with Crippen LogP contribution in [0.4, 0.5) is 13.2 Å². The van der Waals surface area contributed by atoms with Gasteiger partial charge >= 0.3 is 6.36 Å². The average molecular weight is 512 g/mol. The number of carbonyl (C=O) groups is 3. The molecule has 1 aliphatic rings. The Labute approximate surface area is 206 Å². The molecular weight excluding hydrogens is 479 g/mol. The van der Waals surface area contributed by atoms with Crippen LogP contribution >= 0.6 is 0 Å². The number of nitrogens with one attached hydrogen (secondary N) is 2. The number of carbonyl (C=O) groups excluding carboxylic acids is 3. The molecule has 0 aliphatic heterocycles. The number of nitrogens with two attached hydrogens (primary N) is 1. The van der Waals surface area contributed by atoms with Crippen LogP contribution < -0.4 is 21.1 Å². The minimum atomic E-state index is -4.90. The van der Waals surface area contributed by atoms with Gasteiger partial charge in [0.1, 0.15) is 11.8 Å².